The van der Waals surface area contributed by atoms with Gasteiger partial charge in [0.25, 0.3) is 0 Å². The van der Waals surface area contributed by atoms with Crippen LogP contribution in [0.15, 0.2) is 0 Å². The predicted octanol–water partition coefficient (Wildman–Crippen LogP) is 2.43. The first-order valence-electron chi connectivity index (χ1n) is 5.81. The minimum Gasteiger partial charge on any atom is -0.337 e. The standard InChI is InChI=1S/C12H21NO/c1-12(2,3)13-8-9-6-4-5-7-10(9)11(13)14/h9-10H,4-8H2,1-3H3/t9-,10-/m0/s1. The summed E-state index contributed by atoms with van der Waals surface area (Å²) in [6.07, 6.45) is 4.98. The summed E-state index contributed by atoms with van der Waals surface area (Å²) in [5.41, 5.74) is 0.0222. The van der Waals surface area contributed by atoms with Crippen molar-refractivity contribution in [1.82, 2.24) is 4.90 Å². The van der Waals surface area contributed by atoms with E-state index in [1.807, 2.05) is 0 Å². The van der Waals surface area contributed by atoms with E-state index in [4.69, 9.17) is 0 Å². The van der Waals surface area contributed by atoms with Crippen molar-refractivity contribution in [2.45, 2.75) is 52.0 Å². The van der Waals surface area contributed by atoms with Crippen molar-refractivity contribution >= 4 is 5.91 Å². The molecule has 1 saturated carbocycles. The van der Waals surface area contributed by atoms with Gasteiger partial charge in [-0.3, -0.25) is 4.79 Å². The Balaban J connectivity index is 2.14. The average Bonchev–Trinajstić information content (AvgIpc) is 2.44. The van der Waals surface area contributed by atoms with Crippen molar-refractivity contribution in [1.29, 1.82) is 0 Å². The summed E-state index contributed by atoms with van der Waals surface area (Å²) in [5, 5.41) is 0. The number of carbonyl (C=O) groups is 1. The minimum absolute atomic E-state index is 0.0222. The molecule has 1 aliphatic carbocycles. The zero-order chi connectivity index (χ0) is 10.3. The Kier molecular flexibility index (Phi) is 2.32. The molecule has 0 radical (unpaired) electrons. The molecule has 2 fully saturated rings. The molecule has 0 N–H and O–H groups in total. The lowest BCUT2D eigenvalue weighted by molar-refractivity contribution is -0.135. The van der Waals surface area contributed by atoms with Gasteiger partial charge in [0.1, 0.15) is 0 Å². The maximum atomic E-state index is 12.1. The van der Waals surface area contributed by atoms with Crippen molar-refractivity contribution in [2.75, 3.05) is 6.54 Å². The molecular weight excluding hydrogens is 174 g/mol. The third-order valence-electron chi connectivity index (χ3n) is 3.72. The first-order valence-corrected chi connectivity index (χ1v) is 5.81. The van der Waals surface area contributed by atoms with Crippen LogP contribution in [0.1, 0.15) is 46.5 Å². The molecule has 80 valence electrons. The molecule has 14 heavy (non-hydrogen) atoms. The van der Waals surface area contributed by atoms with Crippen LogP contribution in [0.3, 0.4) is 0 Å². The first-order chi connectivity index (χ1) is 6.50. The van der Waals surface area contributed by atoms with Gasteiger partial charge in [-0.2, -0.15) is 0 Å². The van der Waals surface area contributed by atoms with E-state index in [0.29, 0.717) is 17.7 Å². The molecule has 2 atom stereocenters. The van der Waals surface area contributed by atoms with Gasteiger partial charge in [0.05, 0.1) is 0 Å². The van der Waals surface area contributed by atoms with Gasteiger partial charge >= 0.3 is 0 Å². The van der Waals surface area contributed by atoms with Crippen molar-refractivity contribution in [3.8, 4) is 0 Å². The number of hydrogen-bond acceptors (Lipinski definition) is 1. The third-order valence-corrected chi connectivity index (χ3v) is 3.72. The van der Waals surface area contributed by atoms with Crippen molar-refractivity contribution in [2.24, 2.45) is 11.8 Å². The zero-order valence-electron chi connectivity index (χ0n) is 9.55. The van der Waals surface area contributed by atoms with E-state index in [2.05, 4.69) is 25.7 Å². The molecule has 1 saturated heterocycles. The van der Waals surface area contributed by atoms with Gasteiger partial charge in [0.2, 0.25) is 5.91 Å². The van der Waals surface area contributed by atoms with Gasteiger partial charge in [-0.15, -0.1) is 0 Å². The summed E-state index contributed by atoms with van der Waals surface area (Å²) in [6.45, 7) is 7.43. The number of fused-ring (bicyclic) bond motifs is 1. The van der Waals surface area contributed by atoms with Gasteiger partial charge in [0.15, 0.2) is 0 Å². The van der Waals surface area contributed by atoms with E-state index >= 15 is 0 Å². The molecular formula is C12H21NO. The highest BCUT2D eigenvalue weighted by atomic mass is 16.2. The predicted molar refractivity (Wildman–Crippen MR) is 56.9 cm³/mol. The maximum absolute atomic E-state index is 12.1. The molecule has 2 rings (SSSR count). The lowest BCUT2D eigenvalue weighted by atomic mass is 9.81. The van der Waals surface area contributed by atoms with E-state index < -0.39 is 0 Å². The van der Waals surface area contributed by atoms with Crippen LogP contribution in [0.2, 0.25) is 0 Å². The van der Waals surface area contributed by atoms with Gasteiger partial charge in [-0.1, -0.05) is 12.8 Å². The summed E-state index contributed by atoms with van der Waals surface area (Å²) in [5.74, 6) is 1.45. The van der Waals surface area contributed by atoms with Crippen molar-refractivity contribution in [3.63, 3.8) is 0 Å². The molecule has 0 bridgehead atoms. The summed E-state index contributed by atoms with van der Waals surface area (Å²) in [7, 11) is 0. The number of hydrogen-bond donors (Lipinski definition) is 0. The smallest absolute Gasteiger partial charge is 0.226 e. The van der Waals surface area contributed by atoms with E-state index in [1.54, 1.807) is 0 Å². The summed E-state index contributed by atoms with van der Waals surface area (Å²) >= 11 is 0. The molecule has 1 aliphatic heterocycles. The summed E-state index contributed by atoms with van der Waals surface area (Å²) in [4.78, 5) is 14.2. The Bertz CT molecular complexity index is 241. The van der Waals surface area contributed by atoms with E-state index in [1.165, 1.54) is 19.3 Å². The molecule has 0 aromatic carbocycles. The molecule has 2 nitrogen and oxygen atoms in total. The normalized spacial score (nSPS) is 33.4. The zero-order valence-corrected chi connectivity index (χ0v) is 9.55. The van der Waals surface area contributed by atoms with E-state index in [0.717, 1.165) is 13.0 Å². The minimum atomic E-state index is 0.0222. The van der Waals surface area contributed by atoms with Gasteiger partial charge in [-0.05, 0) is 39.5 Å². The first kappa shape index (κ1) is 10.0. The fraction of sp³-hybridized carbons (Fsp3) is 0.917. The molecule has 0 unspecified atom stereocenters. The number of rotatable bonds is 0. The third kappa shape index (κ3) is 1.55. The van der Waals surface area contributed by atoms with Crippen molar-refractivity contribution < 1.29 is 4.79 Å². The van der Waals surface area contributed by atoms with E-state index in [-0.39, 0.29) is 5.54 Å². The fourth-order valence-corrected chi connectivity index (χ4v) is 2.88. The highest BCUT2D eigenvalue weighted by molar-refractivity contribution is 5.82. The van der Waals surface area contributed by atoms with Gasteiger partial charge in [0, 0.05) is 18.0 Å². The number of nitrogens with zero attached hydrogens (tertiary/aromatic N) is 1. The van der Waals surface area contributed by atoms with Crippen LogP contribution < -0.4 is 0 Å². The Morgan fingerprint density at radius 2 is 1.86 bits per heavy atom. The second kappa shape index (κ2) is 3.25. The Labute approximate surface area is 86.7 Å². The molecule has 0 spiro atoms. The van der Waals surface area contributed by atoms with Crippen LogP contribution in [-0.2, 0) is 4.79 Å². The maximum Gasteiger partial charge on any atom is 0.226 e. The summed E-state index contributed by atoms with van der Waals surface area (Å²) in [6, 6.07) is 0. The van der Waals surface area contributed by atoms with Crippen LogP contribution in [0, 0.1) is 11.8 Å². The fourth-order valence-electron chi connectivity index (χ4n) is 2.88. The molecule has 1 heterocycles. The molecule has 1 amide bonds. The van der Waals surface area contributed by atoms with Gasteiger partial charge < -0.3 is 4.90 Å². The van der Waals surface area contributed by atoms with E-state index in [9.17, 15) is 4.79 Å². The monoisotopic (exact) mass is 195 g/mol. The Morgan fingerprint density at radius 3 is 2.43 bits per heavy atom. The number of amides is 1. The second-order valence-corrected chi connectivity index (χ2v) is 5.77. The van der Waals surface area contributed by atoms with Crippen LogP contribution in [0.25, 0.3) is 0 Å². The average molecular weight is 195 g/mol. The quantitative estimate of drug-likeness (QED) is 0.581. The van der Waals surface area contributed by atoms with Crippen LogP contribution in [-0.4, -0.2) is 22.9 Å². The Hall–Kier alpha value is -0.530. The van der Waals surface area contributed by atoms with Crippen molar-refractivity contribution in [3.05, 3.63) is 0 Å². The molecule has 2 aliphatic rings. The lowest BCUT2D eigenvalue weighted by Crippen LogP contribution is -2.43. The van der Waals surface area contributed by atoms with Crippen LogP contribution in [0.5, 0.6) is 0 Å². The number of likely N-dealkylation sites (tertiary alicyclic amines) is 1. The van der Waals surface area contributed by atoms with Crippen LogP contribution in [0.4, 0.5) is 0 Å². The SMILES string of the molecule is CC(C)(C)N1C[C@@H]2CCCC[C@@H]2C1=O. The topological polar surface area (TPSA) is 20.3 Å². The highest BCUT2D eigenvalue weighted by Gasteiger charge is 2.44. The largest absolute Gasteiger partial charge is 0.337 e. The van der Waals surface area contributed by atoms with Gasteiger partial charge in [-0.25, -0.2) is 0 Å². The summed E-state index contributed by atoms with van der Waals surface area (Å²) < 4.78 is 0. The van der Waals surface area contributed by atoms with Crippen LogP contribution >= 0.6 is 0 Å². The highest BCUT2D eigenvalue weighted by Crippen LogP contribution is 2.39. The second-order valence-electron chi connectivity index (χ2n) is 5.77. The molecule has 2 heteroatoms. The molecule has 0 aromatic rings. The molecule has 0 aromatic heterocycles. The number of carbonyl (C=O) groups excluding carboxylic acids is 1. The Morgan fingerprint density at radius 1 is 1.21 bits per heavy atom. The lowest BCUT2D eigenvalue weighted by Gasteiger charge is -2.32.